The Labute approximate surface area is 196 Å². The Balaban J connectivity index is 1.62. The minimum Gasteiger partial charge on any atom is -0.469 e. The average molecular weight is 453 g/mol. The lowest BCUT2D eigenvalue weighted by Gasteiger charge is -2.69. The molecule has 178 valence electrons. The lowest BCUT2D eigenvalue weighted by Crippen LogP contribution is -2.62. The summed E-state index contributed by atoms with van der Waals surface area (Å²) in [5.41, 5.74) is 1.98. The smallest absolute Gasteiger partial charge is 0.346 e. The van der Waals surface area contributed by atoms with Crippen LogP contribution in [0.3, 0.4) is 0 Å². The van der Waals surface area contributed by atoms with E-state index >= 15 is 0 Å². The number of rotatable bonds is 1. The summed E-state index contributed by atoms with van der Waals surface area (Å²) >= 11 is 0. The van der Waals surface area contributed by atoms with Gasteiger partial charge in [-0.05, 0) is 85.7 Å². The van der Waals surface area contributed by atoms with Crippen LogP contribution in [0.5, 0.6) is 0 Å². The molecule has 0 amide bonds. The second-order valence-corrected chi connectivity index (χ2v) is 12.5. The van der Waals surface area contributed by atoms with E-state index < -0.39 is 17.4 Å². The van der Waals surface area contributed by atoms with E-state index in [9.17, 15) is 14.4 Å². The van der Waals surface area contributed by atoms with Gasteiger partial charge in [0.05, 0.1) is 18.1 Å². The van der Waals surface area contributed by atoms with Crippen molar-refractivity contribution in [3.8, 4) is 0 Å². The van der Waals surface area contributed by atoms with Crippen LogP contribution in [0.1, 0.15) is 79.6 Å². The summed E-state index contributed by atoms with van der Waals surface area (Å²) in [6.45, 7) is 11.5. The van der Waals surface area contributed by atoms with Crippen LogP contribution in [0.4, 0.5) is 0 Å². The first-order chi connectivity index (χ1) is 15.3. The molecule has 3 fully saturated rings. The molecule has 0 aromatic carbocycles. The predicted octanol–water partition coefficient (Wildman–Crippen LogP) is 5.45. The summed E-state index contributed by atoms with van der Waals surface area (Å²) in [5.74, 6) is -0.797. The maximum atomic E-state index is 12.8. The fourth-order valence-corrected chi connectivity index (χ4v) is 8.52. The molecule has 0 aromatic rings. The quantitative estimate of drug-likeness (QED) is 0.391. The predicted molar refractivity (Wildman–Crippen MR) is 124 cm³/mol. The van der Waals surface area contributed by atoms with Gasteiger partial charge in [0.25, 0.3) is 0 Å². The molecule has 6 atom stereocenters. The van der Waals surface area contributed by atoms with E-state index in [1.54, 1.807) is 0 Å². The molecule has 0 N–H and O–H groups in total. The molecule has 3 saturated carbocycles. The van der Waals surface area contributed by atoms with Crippen LogP contribution in [0, 0.1) is 33.0 Å². The Morgan fingerprint density at radius 1 is 0.970 bits per heavy atom. The Morgan fingerprint density at radius 3 is 2.36 bits per heavy atom. The van der Waals surface area contributed by atoms with Crippen molar-refractivity contribution in [2.75, 3.05) is 7.11 Å². The lowest BCUT2D eigenvalue weighted by molar-refractivity contribution is -0.180. The summed E-state index contributed by atoms with van der Waals surface area (Å²) < 4.78 is 10.1. The number of carbonyl (C=O) groups is 3. The van der Waals surface area contributed by atoms with Gasteiger partial charge in [-0.2, -0.15) is 0 Å². The average Bonchev–Trinajstić information content (AvgIpc) is 2.76. The number of ether oxygens (including phenoxy) is 2. The van der Waals surface area contributed by atoms with E-state index in [1.165, 1.54) is 18.8 Å². The highest BCUT2D eigenvalue weighted by Gasteiger charge is 2.67. The highest BCUT2D eigenvalue weighted by molar-refractivity contribution is 6.08. The number of methoxy groups -OCH3 is 1. The van der Waals surface area contributed by atoms with Crippen molar-refractivity contribution < 1.29 is 23.9 Å². The highest BCUT2D eigenvalue weighted by atomic mass is 16.6. The van der Waals surface area contributed by atoms with Crippen LogP contribution >= 0.6 is 0 Å². The van der Waals surface area contributed by atoms with E-state index in [2.05, 4.69) is 40.7 Å². The highest BCUT2D eigenvalue weighted by Crippen LogP contribution is 2.75. The largest absolute Gasteiger partial charge is 0.469 e. The van der Waals surface area contributed by atoms with Crippen LogP contribution < -0.4 is 0 Å². The van der Waals surface area contributed by atoms with Gasteiger partial charge in [0, 0.05) is 11.5 Å². The molecule has 0 aromatic heterocycles. The molecule has 0 saturated heterocycles. The summed E-state index contributed by atoms with van der Waals surface area (Å²) in [5, 5.41) is 0. The molecule has 5 rings (SSSR count). The minimum atomic E-state index is -0.564. The van der Waals surface area contributed by atoms with Gasteiger partial charge in [-0.1, -0.05) is 39.3 Å². The van der Waals surface area contributed by atoms with Crippen LogP contribution in [-0.2, 0) is 23.9 Å². The first-order valence-corrected chi connectivity index (χ1v) is 12.3. The van der Waals surface area contributed by atoms with E-state index in [0.29, 0.717) is 11.5 Å². The zero-order chi connectivity index (χ0) is 24.0. The number of hydrogen-bond donors (Lipinski definition) is 0. The van der Waals surface area contributed by atoms with Crippen LogP contribution in [0.2, 0.25) is 0 Å². The zero-order valence-electron chi connectivity index (χ0n) is 20.8. The molecule has 0 bridgehead atoms. The Bertz CT molecular complexity index is 1060. The molecular formula is C28H36O5. The topological polar surface area (TPSA) is 69.7 Å². The molecule has 1 heterocycles. The maximum Gasteiger partial charge on any atom is 0.346 e. The number of allylic oxidation sites excluding steroid dienone is 3. The molecule has 0 spiro atoms. The van der Waals surface area contributed by atoms with Gasteiger partial charge in [-0.25, -0.2) is 9.59 Å². The molecule has 1 aliphatic heterocycles. The maximum absolute atomic E-state index is 12.8. The van der Waals surface area contributed by atoms with E-state index in [-0.39, 0.29) is 27.6 Å². The molecule has 1 unspecified atom stereocenters. The van der Waals surface area contributed by atoms with Crippen molar-refractivity contribution in [2.24, 2.45) is 33.0 Å². The number of carbonyl (C=O) groups excluding carboxylic acids is 3. The standard InChI is InChI=1S/C28H36O5/c1-24-9-10-25(2,23(31)32-6)16-20(24)28(5)14-12-26(3)18-15-21(29)33-22(30)17(18)7-8-19(26)27(28,4)13-11-24/h7-8,15,20H,9-14,16H2,1-6H3/t20-,24-,25-,26+,27-,28?/m1/s1. The first-order valence-electron chi connectivity index (χ1n) is 12.3. The second-order valence-electron chi connectivity index (χ2n) is 12.5. The van der Waals surface area contributed by atoms with Crippen LogP contribution in [0.25, 0.3) is 0 Å². The lowest BCUT2D eigenvalue weighted by atomic mass is 9.34. The van der Waals surface area contributed by atoms with Gasteiger partial charge in [0.15, 0.2) is 0 Å². The van der Waals surface area contributed by atoms with Gasteiger partial charge >= 0.3 is 17.9 Å². The van der Waals surface area contributed by atoms with Gasteiger partial charge in [0.1, 0.15) is 0 Å². The molecule has 5 heteroatoms. The SMILES string of the molecule is COC(=O)[C@]1(C)CC[C@]2(C)CC[C@]3(C)C4=CC=C5C(=O)OC(=O)C=C5[C@]4(C)CCC3(C)[C@@H]2C1. The summed E-state index contributed by atoms with van der Waals surface area (Å²) in [6.07, 6.45) is 12.4. The van der Waals surface area contributed by atoms with Crippen molar-refractivity contribution in [2.45, 2.75) is 79.6 Å². The van der Waals surface area contributed by atoms with Crippen LogP contribution in [0.15, 0.2) is 34.9 Å². The molecule has 33 heavy (non-hydrogen) atoms. The van der Waals surface area contributed by atoms with Gasteiger partial charge in [-0.3, -0.25) is 4.79 Å². The monoisotopic (exact) mass is 452 g/mol. The van der Waals surface area contributed by atoms with Crippen molar-refractivity contribution >= 4 is 17.9 Å². The third kappa shape index (κ3) is 2.74. The van der Waals surface area contributed by atoms with E-state index in [0.717, 1.165) is 50.5 Å². The zero-order valence-corrected chi connectivity index (χ0v) is 20.8. The van der Waals surface area contributed by atoms with Crippen LogP contribution in [-0.4, -0.2) is 25.0 Å². The molecule has 0 radical (unpaired) electrons. The number of cyclic esters (lactones) is 2. The Morgan fingerprint density at radius 2 is 1.67 bits per heavy atom. The summed E-state index contributed by atoms with van der Waals surface area (Å²) in [6, 6.07) is 0. The number of esters is 3. The third-order valence-corrected chi connectivity index (χ3v) is 11.0. The fraction of sp³-hybridized carbons (Fsp3) is 0.679. The molecular weight excluding hydrogens is 416 g/mol. The molecule has 5 aliphatic rings. The van der Waals surface area contributed by atoms with Gasteiger partial charge in [-0.15, -0.1) is 0 Å². The minimum absolute atomic E-state index is 0.00608. The van der Waals surface area contributed by atoms with Gasteiger partial charge < -0.3 is 9.47 Å². The van der Waals surface area contributed by atoms with Crippen molar-refractivity contribution in [1.29, 1.82) is 0 Å². The van der Waals surface area contributed by atoms with Crippen molar-refractivity contribution in [3.63, 3.8) is 0 Å². The second kappa shape index (κ2) is 6.70. The summed E-state index contributed by atoms with van der Waals surface area (Å²) in [4.78, 5) is 37.4. The van der Waals surface area contributed by atoms with Gasteiger partial charge in [0.2, 0.25) is 0 Å². The van der Waals surface area contributed by atoms with E-state index in [4.69, 9.17) is 9.47 Å². The molecule has 5 nitrogen and oxygen atoms in total. The Kier molecular flexibility index (Phi) is 4.59. The van der Waals surface area contributed by atoms with Crippen molar-refractivity contribution in [1.82, 2.24) is 0 Å². The van der Waals surface area contributed by atoms with E-state index in [1.807, 2.05) is 6.08 Å². The first kappa shape index (κ1) is 22.6. The Hall–Kier alpha value is -2.17. The normalized spacial score (nSPS) is 46.4. The third-order valence-electron chi connectivity index (χ3n) is 11.0. The molecule has 4 aliphatic carbocycles. The fourth-order valence-electron chi connectivity index (χ4n) is 8.52. The van der Waals surface area contributed by atoms with Crippen molar-refractivity contribution in [3.05, 3.63) is 34.9 Å². The number of hydrogen-bond acceptors (Lipinski definition) is 5. The number of fused-ring (bicyclic) bond motifs is 7. The summed E-state index contributed by atoms with van der Waals surface area (Å²) in [7, 11) is 1.50.